The first-order valence-electron chi connectivity index (χ1n) is 7.41. The van der Waals surface area contributed by atoms with Crippen LogP contribution in [0.3, 0.4) is 0 Å². The van der Waals surface area contributed by atoms with Gasteiger partial charge in [-0.25, -0.2) is 9.78 Å². The maximum atomic E-state index is 12.4. The van der Waals surface area contributed by atoms with E-state index in [4.69, 9.17) is 4.74 Å². The Labute approximate surface area is 134 Å². The van der Waals surface area contributed by atoms with E-state index < -0.39 is 0 Å². The SMILES string of the molecule is C[C@H](c1ccccc1)n1cncc1C(=O)OCC1(C)CSC1. The molecule has 1 aromatic heterocycles. The number of rotatable bonds is 5. The monoisotopic (exact) mass is 316 g/mol. The van der Waals surface area contributed by atoms with Gasteiger partial charge in [-0.15, -0.1) is 0 Å². The number of benzene rings is 1. The lowest BCUT2D eigenvalue weighted by Crippen LogP contribution is -2.37. The number of carbonyl (C=O) groups is 1. The molecule has 0 radical (unpaired) electrons. The van der Waals surface area contributed by atoms with Crippen LogP contribution in [0.1, 0.15) is 35.9 Å². The predicted molar refractivity (Wildman–Crippen MR) is 88.2 cm³/mol. The van der Waals surface area contributed by atoms with Crippen molar-refractivity contribution in [2.75, 3.05) is 18.1 Å². The number of hydrogen-bond acceptors (Lipinski definition) is 4. The number of carbonyl (C=O) groups excluding carboxylic acids is 1. The molecule has 1 fully saturated rings. The lowest BCUT2D eigenvalue weighted by molar-refractivity contribution is 0.0352. The van der Waals surface area contributed by atoms with Crippen LogP contribution in [0.25, 0.3) is 0 Å². The van der Waals surface area contributed by atoms with Gasteiger partial charge in [-0.3, -0.25) is 0 Å². The van der Waals surface area contributed by atoms with Gasteiger partial charge in [0.05, 0.1) is 25.2 Å². The molecule has 1 aliphatic rings. The van der Waals surface area contributed by atoms with E-state index in [1.54, 1.807) is 12.5 Å². The number of aromatic nitrogens is 2. The molecule has 1 saturated heterocycles. The molecule has 3 rings (SSSR count). The fraction of sp³-hybridized carbons (Fsp3) is 0.412. The molecule has 1 aliphatic heterocycles. The highest BCUT2D eigenvalue weighted by Crippen LogP contribution is 2.37. The molecule has 1 aromatic carbocycles. The number of hydrogen-bond donors (Lipinski definition) is 0. The van der Waals surface area contributed by atoms with Crippen LogP contribution < -0.4 is 0 Å². The second-order valence-corrected chi connectivity index (χ2v) is 7.14. The Morgan fingerprint density at radius 2 is 2.14 bits per heavy atom. The van der Waals surface area contributed by atoms with Gasteiger partial charge in [0.15, 0.2) is 0 Å². The number of thioether (sulfide) groups is 1. The molecule has 0 bridgehead atoms. The molecule has 0 unspecified atom stereocenters. The number of imidazole rings is 1. The third kappa shape index (κ3) is 3.04. The molecule has 0 aliphatic carbocycles. The first kappa shape index (κ1) is 15.2. The molecule has 0 saturated carbocycles. The zero-order chi connectivity index (χ0) is 15.6. The van der Waals surface area contributed by atoms with Crippen molar-refractivity contribution in [3.05, 3.63) is 54.1 Å². The smallest absolute Gasteiger partial charge is 0.356 e. The highest BCUT2D eigenvalue weighted by molar-refractivity contribution is 8.00. The van der Waals surface area contributed by atoms with Gasteiger partial charge in [0.2, 0.25) is 0 Å². The third-order valence-corrected chi connectivity index (χ3v) is 5.83. The average molecular weight is 316 g/mol. The van der Waals surface area contributed by atoms with Crippen LogP contribution in [0.2, 0.25) is 0 Å². The van der Waals surface area contributed by atoms with E-state index in [-0.39, 0.29) is 17.4 Å². The van der Waals surface area contributed by atoms with Crippen molar-refractivity contribution in [1.82, 2.24) is 9.55 Å². The van der Waals surface area contributed by atoms with E-state index in [2.05, 4.69) is 18.8 Å². The second-order valence-electron chi connectivity index (χ2n) is 6.15. The van der Waals surface area contributed by atoms with Crippen molar-refractivity contribution in [2.45, 2.75) is 19.9 Å². The van der Waals surface area contributed by atoms with E-state index in [9.17, 15) is 4.79 Å². The Kier molecular flexibility index (Phi) is 4.25. The first-order valence-corrected chi connectivity index (χ1v) is 8.56. The van der Waals surface area contributed by atoms with Gasteiger partial charge in [-0.05, 0) is 12.5 Å². The van der Waals surface area contributed by atoms with Gasteiger partial charge in [0.25, 0.3) is 0 Å². The van der Waals surface area contributed by atoms with Crippen molar-refractivity contribution in [1.29, 1.82) is 0 Å². The van der Waals surface area contributed by atoms with Crippen LogP contribution in [0, 0.1) is 5.41 Å². The molecule has 116 valence electrons. The highest BCUT2D eigenvalue weighted by atomic mass is 32.2. The molecular formula is C17H20N2O2S. The summed E-state index contributed by atoms with van der Waals surface area (Å²) in [5, 5.41) is 0. The van der Waals surface area contributed by atoms with Gasteiger partial charge >= 0.3 is 5.97 Å². The third-order valence-electron chi connectivity index (χ3n) is 4.03. The maximum Gasteiger partial charge on any atom is 0.356 e. The van der Waals surface area contributed by atoms with Crippen molar-refractivity contribution in [3.63, 3.8) is 0 Å². The second kappa shape index (κ2) is 6.16. The summed E-state index contributed by atoms with van der Waals surface area (Å²) in [6, 6.07) is 10.1. The maximum absolute atomic E-state index is 12.4. The predicted octanol–water partition coefficient (Wildman–Crippen LogP) is 3.40. The quantitative estimate of drug-likeness (QED) is 0.793. The minimum atomic E-state index is -0.293. The molecule has 22 heavy (non-hydrogen) atoms. The van der Waals surface area contributed by atoms with E-state index >= 15 is 0 Å². The first-order chi connectivity index (χ1) is 10.6. The number of nitrogens with zero attached hydrogens (tertiary/aromatic N) is 2. The lowest BCUT2D eigenvalue weighted by Gasteiger charge is -2.36. The van der Waals surface area contributed by atoms with Crippen LogP contribution in [0.15, 0.2) is 42.9 Å². The molecule has 2 aromatic rings. The fourth-order valence-electron chi connectivity index (χ4n) is 2.51. The van der Waals surface area contributed by atoms with E-state index in [0.29, 0.717) is 12.3 Å². The van der Waals surface area contributed by atoms with Gasteiger partial charge in [0, 0.05) is 16.9 Å². The number of ether oxygens (including phenoxy) is 1. The molecule has 4 nitrogen and oxygen atoms in total. The Morgan fingerprint density at radius 3 is 2.77 bits per heavy atom. The van der Waals surface area contributed by atoms with Crippen molar-refractivity contribution in [3.8, 4) is 0 Å². The average Bonchev–Trinajstić information content (AvgIpc) is 3.00. The topological polar surface area (TPSA) is 44.1 Å². The molecule has 0 spiro atoms. The van der Waals surface area contributed by atoms with Crippen LogP contribution in [0.5, 0.6) is 0 Å². The summed E-state index contributed by atoms with van der Waals surface area (Å²) in [5.74, 6) is 1.82. The van der Waals surface area contributed by atoms with Crippen LogP contribution in [0.4, 0.5) is 0 Å². The Morgan fingerprint density at radius 1 is 1.41 bits per heavy atom. The van der Waals surface area contributed by atoms with Crippen molar-refractivity contribution >= 4 is 17.7 Å². The van der Waals surface area contributed by atoms with Crippen LogP contribution >= 0.6 is 11.8 Å². The van der Waals surface area contributed by atoms with Gasteiger partial charge in [0.1, 0.15) is 5.69 Å². The van der Waals surface area contributed by atoms with Gasteiger partial charge < -0.3 is 9.30 Å². The molecule has 0 amide bonds. The zero-order valence-corrected chi connectivity index (χ0v) is 13.7. The summed E-state index contributed by atoms with van der Waals surface area (Å²) in [4.78, 5) is 16.5. The van der Waals surface area contributed by atoms with E-state index in [1.165, 1.54) is 0 Å². The molecule has 0 N–H and O–H groups in total. The molecule has 1 atom stereocenters. The fourth-order valence-corrected chi connectivity index (χ4v) is 3.58. The summed E-state index contributed by atoms with van der Waals surface area (Å²) in [6.07, 6.45) is 3.27. The standard InChI is InChI=1S/C17H20N2O2S/c1-13(14-6-4-3-5-7-14)19-12-18-8-15(19)16(20)21-9-17(2)10-22-11-17/h3-8,12-13H,9-11H2,1-2H3/t13-/m1/s1. The minimum absolute atomic E-state index is 0.0427. The Hall–Kier alpha value is -1.75. The summed E-state index contributed by atoms with van der Waals surface area (Å²) in [5.41, 5.74) is 1.78. The van der Waals surface area contributed by atoms with Crippen molar-refractivity contribution < 1.29 is 9.53 Å². The van der Waals surface area contributed by atoms with Gasteiger partial charge in [-0.1, -0.05) is 37.3 Å². The van der Waals surface area contributed by atoms with E-state index in [0.717, 1.165) is 17.1 Å². The summed E-state index contributed by atoms with van der Waals surface area (Å²) < 4.78 is 7.38. The lowest BCUT2D eigenvalue weighted by atomic mass is 9.96. The Balaban J connectivity index is 1.72. The Bertz CT molecular complexity index is 650. The normalized spacial score (nSPS) is 17.5. The molecule has 5 heteroatoms. The van der Waals surface area contributed by atoms with Crippen LogP contribution in [-0.2, 0) is 4.74 Å². The van der Waals surface area contributed by atoms with Crippen molar-refractivity contribution in [2.24, 2.45) is 5.41 Å². The summed E-state index contributed by atoms with van der Waals surface area (Å²) in [7, 11) is 0. The van der Waals surface area contributed by atoms with Gasteiger partial charge in [-0.2, -0.15) is 11.8 Å². The highest BCUT2D eigenvalue weighted by Gasteiger charge is 2.34. The largest absolute Gasteiger partial charge is 0.460 e. The number of esters is 1. The summed E-state index contributed by atoms with van der Waals surface area (Å²) in [6.45, 7) is 4.68. The zero-order valence-electron chi connectivity index (χ0n) is 12.9. The minimum Gasteiger partial charge on any atom is -0.460 e. The van der Waals surface area contributed by atoms with E-state index in [1.807, 2.05) is 46.7 Å². The molecule has 2 heterocycles. The van der Waals surface area contributed by atoms with Crippen LogP contribution in [-0.4, -0.2) is 33.6 Å². The summed E-state index contributed by atoms with van der Waals surface area (Å²) >= 11 is 1.89. The molecular weight excluding hydrogens is 296 g/mol.